The molecule has 2 aliphatic rings. The molecule has 3 rings (SSSR count). The highest BCUT2D eigenvalue weighted by molar-refractivity contribution is 5.95. The fourth-order valence-electron chi connectivity index (χ4n) is 3.74. The molecule has 2 bridgehead atoms. The van der Waals surface area contributed by atoms with Crippen LogP contribution in [0.15, 0.2) is 12.1 Å². The fraction of sp³-hybridized carbons (Fsp3) is 0.625. The van der Waals surface area contributed by atoms with Crippen molar-refractivity contribution in [2.24, 2.45) is 11.8 Å². The van der Waals surface area contributed by atoms with Crippen LogP contribution in [0, 0.1) is 18.8 Å². The van der Waals surface area contributed by atoms with Gasteiger partial charge in [-0.15, -0.1) is 0 Å². The molecule has 0 aromatic carbocycles. The van der Waals surface area contributed by atoms with E-state index in [4.69, 9.17) is 0 Å². The lowest BCUT2D eigenvalue weighted by molar-refractivity contribution is 0.0922. The first-order valence-electron chi connectivity index (χ1n) is 7.69. The molecular formula is C16H23N3O. The number of carbonyl (C=O) groups is 1. The van der Waals surface area contributed by atoms with E-state index in [2.05, 4.69) is 15.6 Å². The third kappa shape index (κ3) is 2.65. The van der Waals surface area contributed by atoms with Crippen LogP contribution in [0.3, 0.4) is 0 Å². The molecule has 0 aliphatic heterocycles. The summed E-state index contributed by atoms with van der Waals surface area (Å²) in [7, 11) is 0. The number of aromatic nitrogens is 1. The number of amides is 1. The van der Waals surface area contributed by atoms with Gasteiger partial charge in [0.1, 0.15) is 5.82 Å². The van der Waals surface area contributed by atoms with E-state index in [1.165, 1.54) is 25.7 Å². The van der Waals surface area contributed by atoms with Crippen LogP contribution < -0.4 is 10.6 Å². The predicted octanol–water partition coefficient (Wildman–Crippen LogP) is 2.74. The number of rotatable bonds is 4. The highest BCUT2D eigenvalue weighted by Gasteiger charge is 2.40. The molecule has 1 heterocycles. The topological polar surface area (TPSA) is 54.0 Å². The number of nitrogens with zero attached hydrogens (tertiary/aromatic N) is 1. The molecule has 3 atom stereocenters. The Morgan fingerprint density at radius 2 is 2.20 bits per heavy atom. The summed E-state index contributed by atoms with van der Waals surface area (Å²) >= 11 is 0. The second-order valence-corrected chi connectivity index (χ2v) is 6.17. The monoisotopic (exact) mass is 273 g/mol. The van der Waals surface area contributed by atoms with Gasteiger partial charge < -0.3 is 10.6 Å². The third-order valence-electron chi connectivity index (χ3n) is 4.63. The molecule has 0 radical (unpaired) electrons. The quantitative estimate of drug-likeness (QED) is 0.887. The largest absolute Gasteiger partial charge is 0.370 e. The standard InChI is InChI=1S/C16H23N3O/c1-3-17-15-9-13(6-10(2)18-15)16(20)19-14-8-11-4-5-12(14)7-11/h6,9,11-12,14H,3-5,7-8H2,1-2H3,(H,17,18)(H,19,20). The molecule has 2 aliphatic carbocycles. The second kappa shape index (κ2) is 5.43. The van der Waals surface area contributed by atoms with Gasteiger partial charge in [0.05, 0.1) is 0 Å². The molecular weight excluding hydrogens is 250 g/mol. The van der Waals surface area contributed by atoms with E-state index < -0.39 is 0 Å². The lowest BCUT2D eigenvalue weighted by Gasteiger charge is -2.23. The van der Waals surface area contributed by atoms with Crippen LogP contribution in [-0.4, -0.2) is 23.5 Å². The highest BCUT2D eigenvalue weighted by atomic mass is 16.1. The molecule has 2 N–H and O–H groups in total. The van der Waals surface area contributed by atoms with Gasteiger partial charge in [0.2, 0.25) is 0 Å². The van der Waals surface area contributed by atoms with E-state index in [1.807, 2.05) is 26.0 Å². The van der Waals surface area contributed by atoms with Crippen molar-refractivity contribution in [1.29, 1.82) is 0 Å². The maximum Gasteiger partial charge on any atom is 0.251 e. The molecule has 2 fully saturated rings. The molecule has 0 saturated heterocycles. The summed E-state index contributed by atoms with van der Waals surface area (Å²) in [6.07, 6.45) is 5.12. The Morgan fingerprint density at radius 1 is 1.35 bits per heavy atom. The minimum Gasteiger partial charge on any atom is -0.370 e. The normalized spacial score (nSPS) is 27.6. The zero-order chi connectivity index (χ0) is 14.1. The van der Waals surface area contributed by atoms with Crippen molar-refractivity contribution in [2.75, 3.05) is 11.9 Å². The van der Waals surface area contributed by atoms with E-state index in [9.17, 15) is 4.79 Å². The number of hydrogen-bond donors (Lipinski definition) is 2. The van der Waals surface area contributed by atoms with Crippen molar-refractivity contribution in [2.45, 2.75) is 45.6 Å². The van der Waals surface area contributed by atoms with Crippen molar-refractivity contribution < 1.29 is 4.79 Å². The molecule has 20 heavy (non-hydrogen) atoms. The molecule has 1 aromatic heterocycles. The number of hydrogen-bond acceptors (Lipinski definition) is 3. The minimum absolute atomic E-state index is 0.0483. The SMILES string of the molecule is CCNc1cc(C(=O)NC2CC3CCC2C3)cc(C)n1. The third-order valence-corrected chi connectivity index (χ3v) is 4.63. The summed E-state index contributed by atoms with van der Waals surface area (Å²) in [6.45, 7) is 4.76. The number of fused-ring (bicyclic) bond motifs is 2. The van der Waals surface area contributed by atoms with E-state index in [1.54, 1.807) is 0 Å². The molecule has 3 unspecified atom stereocenters. The van der Waals surface area contributed by atoms with Gasteiger partial charge in [-0.2, -0.15) is 0 Å². The van der Waals surface area contributed by atoms with Crippen LogP contribution in [0.2, 0.25) is 0 Å². The summed E-state index contributed by atoms with van der Waals surface area (Å²) in [6, 6.07) is 4.10. The van der Waals surface area contributed by atoms with Gasteiger partial charge >= 0.3 is 0 Å². The van der Waals surface area contributed by atoms with Gasteiger partial charge in [0.15, 0.2) is 0 Å². The Hall–Kier alpha value is -1.58. The van der Waals surface area contributed by atoms with Crippen molar-refractivity contribution in [3.8, 4) is 0 Å². The number of pyridine rings is 1. The Kier molecular flexibility index (Phi) is 3.64. The summed E-state index contributed by atoms with van der Waals surface area (Å²) in [5.74, 6) is 2.39. The Labute approximate surface area is 120 Å². The van der Waals surface area contributed by atoms with Gasteiger partial charge in [-0.3, -0.25) is 4.79 Å². The van der Waals surface area contributed by atoms with Gasteiger partial charge in [-0.05, 0) is 57.1 Å². The van der Waals surface area contributed by atoms with Crippen molar-refractivity contribution in [3.63, 3.8) is 0 Å². The van der Waals surface area contributed by atoms with Crippen LogP contribution in [-0.2, 0) is 0 Å². The van der Waals surface area contributed by atoms with Crippen molar-refractivity contribution in [1.82, 2.24) is 10.3 Å². The molecule has 108 valence electrons. The number of carbonyl (C=O) groups excluding carboxylic acids is 1. The van der Waals surface area contributed by atoms with E-state index in [-0.39, 0.29) is 5.91 Å². The molecule has 4 nitrogen and oxygen atoms in total. The molecule has 1 amide bonds. The first kappa shape index (κ1) is 13.4. The first-order chi connectivity index (χ1) is 9.65. The fourth-order valence-corrected chi connectivity index (χ4v) is 3.74. The lowest BCUT2D eigenvalue weighted by Crippen LogP contribution is -2.38. The van der Waals surface area contributed by atoms with E-state index in [0.29, 0.717) is 12.0 Å². The van der Waals surface area contributed by atoms with Crippen molar-refractivity contribution >= 4 is 11.7 Å². The van der Waals surface area contributed by atoms with Crippen molar-refractivity contribution in [3.05, 3.63) is 23.4 Å². The minimum atomic E-state index is 0.0483. The summed E-state index contributed by atoms with van der Waals surface area (Å²) in [5, 5.41) is 6.40. The summed E-state index contributed by atoms with van der Waals surface area (Å²) < 4.78 is 0. The highest BCUT2D eigenvalue weighted by Crippen LogP contribution is 2.44. The van der Waals surface area contributed by atoms with Crippen LogP contribution in [0.4, 0.5) is 5.82 Å². The lowest BCUT2D eigenvalue weighted by atomic mass is 9.95. The predicted molar refractivity (Wildman–Crippen MR) is 79.8 cm³/mol. The molecule has 1 aromatic rings. The number of anilines is 1. The van der Waals surface area contributed by atoms with Crippen LogP contribution in [0.25, 0.3) is 0 Å². The zero-order valence-electron chi connectivity index (χ0n) is 12.3. The Morgan fingerprint density at radius 3 is 2.85 bits per heavy atom. The van der Waals surface area contributed by atoms with Crippen LogP contribution in [0.1, 0.15) is 48.7 Å². The zero-order valence-corrected chi connectivity index (χ0v) is 12.3. The molecule has 4 heteroatoms. The molecule has 2 saturated carbocycles. The average molecular weight is 273 g/mol. The summed E-state index contributed by atoms with van der Waals surface area (Å²) in [5.41, 5.74) is 1.60. The van der Waals surface area contributed by atoms with Gasteiger partial charge in [0.25, 0.3) is 5.91 Å². The van der Waals surface area contributed by atoms with Gasteiger partial charge in [-0.1, -0.05) is 6.42 Å². The smallest absolute Gasteiger partial charge is 0.251 e. The Balaban J connectivity index is 1.70. The average Bonchev–Trinajstić information content (AvgIpc) is 3.00. The number of nitrogens with one attached hydrogen (secondary N) is 2. The van der Waals surface area contributed by atoms with Gasteiger partial charge in [0, 0.05) is 23.8 Å². The van der Waals surface area contributed by atoms with Gasteiger partial charge in [-0.25, -0.2) is 4.98 Å². The van der Waals surface area contributed by atoms with Crippen LogP contribution >= 0.6 is 0 Å². The molecule has 0 spiro atoms. The van der Waals surface area contributed by atoms with E-state index >= 15 is 0 Å². The summed E-state index contributed by atoms with van der Waals surface area (Å²) in [4.78, 5) is 16.8. The second-order valence-electron chi connectivity index (χ2n) is 6.17. The maximum absolute atomic E-state index is 12.4. The maximum atomic E-state index is 12.4. The first-order valence-corrected chi connectivity index (χ1v) is 7.69. The number of aryl methyl sites for hydroxylation is 1. The van der Waals surface area contributed by atoms with Crippen LogP contribution in [0.5, 0.6) is 0 Å². The van der Waals surface area contributed by atoms with E-state index in [0.717, 1.165) is 29.5 Å². The Bertz CT molecular complexity index is 514.